The van der Waals surface area contributed by atoms with Gasteiger partial charge in [0.15, 0.2) is 0 Å². The third-order valence-electron chi connectivity index (χ3n) is 3.51. The van der Waals surface area contributed by atoms with Gasteiger partial charge in [0.25, 0.3) is 0 Å². The van der Waals surface area contributed by atoms with E-state index < -0.39 is 0 Å². The molecule has 0 aromatic rings. The van der Waals surface area contributed by atoms with E-state index in [4.69, 9.17) is 0 Å². The summed E-state index contributed by atoms with van der Waals surface area (Å²) in [7, 11) is 0. The first-order chi connectivity index (χ1) is 5.86. The van der Waals surface area contributed by atoms with Crippen LogP contribution in [0.25, 0.3) is 0 Å². The van der Waals surface area contributed by atoms with E-state index >= 15 is 0 Å². The average molecular weight is 170 g/mol. The van der Waals surface area contributed by atoms with Crippen LogP contribution in [0.5, 0.6) is 0 Å². The Morgan fingerprint density at radius 2 is 1.58 bits per heavy atom. The van der Waals surface area contributed by atoms with Crippen molar-refractivity contribution in [1.82, 2.24) is 0 Å². The molecule has 12 heavy (non-hydrogen) atoms. The van der Waals surface area contributed by atoms with Gasteiger partial charge in [0.2, 0.25) is 0 Å². The van der Waals surface area contributed by atoms with Crippen molar-refractivity contribution in [2.75, 3.05) is 0 Å². The Hall–Kier alpha value is 0. The largest absolute Gasteiger partial charge is 0.0654 e. The second kappa shape index (κ2) is 5.61. The van der Waals surface area contributed by atoms with Gasteiger partial charge in [-0.2, -0.15) is 0 Å². The lowest BCUT2D eigenvalue weighted by molar-refractivity contribution is 0.255. The molecule has 0 saturated heterocycles. The van der Waals surface area contributed by atoms with Crippen molar-refractivity contribution in [3.8, 4) is 0 Å². The molecular formula is C12H26. The van der Waals surface area contributed by atoms with Crippen LogP contribution < -0.4 is 0 Å². The lowest BCUT2D eigenvalue weighted by atomic mass is 9.79. The Morgan fingerprint density at radius 3 is 2.08 bits per heavy atom. The number of hydrogen-bond acceptors (Lipinski definition) is 0. The Bertz CT molecular complexity index is 104. The third kappa shape index (κ3) is 3.16. The van der Waals surface area contributed by atoms with Gasteiger partial charge in [-0.1, -0.05) is 65.2 Å². The van der Waals surface area contributed by atoms with Gasteiger partial charge < -0.3 is 0 Å². The quantitative estimate of drug-likeness (QED) is 0.576. The molecule has 0 unspecified atom stereocenters. The van der Waals surface area contributed by atoms with Crippen LogP contribution in [0.1, 0.15) is 66.6 Å². The van der Waals surface area contributed by atoms with Crippen LogP contribution in [0.15, 0.2) is 0 Å². The zero-order chi connectivity index (χ0) is 8.81. The maximum atomic E-state index is 2.34. The molecule has 0 spiro atoms. The summed E-state index contributed by atoms with van der Waals surface area (Å²) in [5.74, 6) is 2.16. The van der Waals surface area contributed by atoms with E-state index in [0.717, 1.165) is 11.8 Å². The van der Waals surface area contributed by atoms with Crippen molar-refractivity contribution in [2.24, 2.45) is 11.8 Å². The fraction of sp³-hybridized carbons (Fsp3) is 1.00. The Balaban J connectivity index is 0.00000144. The van der Waals surface area contributed by atoms with Crippen molar-refractivity contribution in [3.05, 3.63) is 0 Å². The van der Waals surface area contributed by atoms with Crippen molar-refractivity contribution in [2.45, 2.75) is 65.2 Å². The van der Waals surface area contributed by atoms with E-state index in [2.05, 4.69) is 13.8 Å². The molecule has 0 bridgehead atoms. The first-order valence-corrected chi connectivity index (χ1v) is 5.86. The molecule has 0 aromatic heterocycles. The summed E-state index contributed by atoms with van der Waals surface area (Å²) < 4.78 is 0. The van der Waals surface area contributed by atoms with Gasteiger partial charge in [0, 0.05) is 1.43 Å². The van der Waals surface area contributed by atoms with Crippen LogP contribution in [-0.4, -0.2) is 0 Å². The average Bonchev–Trinajstić information content (AvgIpc) is 2.15. The Labute approximate surface area is 79.2 Å². The molecule has 0 N–H and O–H groups in total. The van der Waals surface area contributed by atoms with Gasteiger partial charge >= 0.3 is 0 Å². The lowest BCUT2D eigenvalue weighted by Gasteiger charge is -2.27. The molecule has 1 aliphatic rings. The molecule has 1 saturated carbocycles. The molecule has 74 valence electrons. The van der Waals surface area contributed by atoms with E-state index in [1.54, 1.807) is 0 Å². The number of rotatable bonds is 4. The number of unbranched alkanes of at least 4 members (excludes halogenated alkanes) is 1. The minimum absolute atomic E-state index is 0. The highest BCUT2D eigenvalue weighted by Gasteiger charge is 2.18. The molecule has 0 aromatic carbocycles. The summed E-state index contributed by atoms with van der Waals surface area (Å²) in [6, 6.07) is 0. The topological polar surface area (TPSA) is 0 Å². The first-order valence-electron chi connectivity index (χ1n) is 5.86. The zero-order valence-electron chi connectivity index (χ0n) is 8.81. The molecule has 0 aliphatic heterocycles. The summed E-state index contributed by atoms with van der Waals surface area (Å²) in [6.07, 6.45) is 11.9. The van der Waals surface area contributed by atoms with Crippen LogP contribution in [0.3, 0.4) is 0 Å². The third-order valence-corrected chi connectivity index (χ3v) is 3.51. The highest BCUT2D eigenvalue weighted by Crippen LogP contribution is 2.33. The molecule has 1 aliphatic carbocycles. The standard InChI is InChI=1S/C12H24.H2/c1-3-5-6-12-9-7-11(4-2)8-10-12;/h11-12H,3-10H2,1-2H3;1H. The van der Waals surface area contributed by atoms with E-state index in [1.807, 2.05) is 0 Å². The molecule has 1 fully saturated rings. The van der Waals surface area contributed by atoms with Crippen LogP contribution in [0.2, 0.25) is 0 Å². The maximum Gasteiger partial charge on any atom is 0 e. The molecule has 0 heteroatoms. The smallest absolute Gasteiger partial charge is 0 e. The minimum Gasteiger partial charge on any atom is -0.0654 e. The summed E-state index contributed by atoms with van der Waals surface area (Å²) in [4.78, 5) is 0. The van der Waals surface area contributed by atoms with Crippen LogP contribution >= 0.6 is 0 Å². The normalized spacial score (nSPS) is 30.5. The second-order valence-corrected chi connectivity index (χ2v) is 4.44. The predicted octanol–water partition coefficient (Wildman–Crippen LogP) is 4.64. The van der Waals surface area contributed by atoms with Crippen molar-refractivity contribution < 1.29 is 1.43 Å². The van der Waals surface area contributed by atoms with E-state index in [0.29, 0.717) is 0 Å². The summed E-state index contributed by atoms with van der Waals surface area (Å²) in [6.45, 7) is 4.65. The molecular weight excluding hydrogens is 144 g/mol. The molecule has 0 nitrogen and oxygen atoms in total. The van der Waals surface area contributed by atoms with Gasteiger partial charge in [-0.25, -0.2) is 0 Å². The van der Waals surface area contributed by atoms with Crippen molar-refractivity contribution in [1.29, 1.82) is 0 Å². The first kappa shape index (κ1) is 10.1. The molecule has 0 radical (unpaired) electrons. The highest BCUT2D eigenvalue weighted by molar-refractivity contribution is 4.71. The van der Waals surface area contributed by atoms with Gasteiger partial charge in [-0.05, 0) is 11.8 Å². The van der Waals surface area contributed by atoms with Crippen LogP contribution in [0.4, 0.5) is 0 Å². The summed E-state index contributed by atoms with van der Waals surface area (Å²) in [5, 5.41) is 0. The van der Waals surface area contributed by atoms with Crippen molar-refractivity contribution >= 4 is 0 Å². The number of hydrogen-bond donors (Lipinski definition) is 0. The van der Waals surface area contributed by atoms with Gasteiger partial charge in [0.1, 0.15) is 0 Å². The molecule has 0 amide bonds. The molecule has 0 atom stereocenters. The summed E-state index contributed by atoms with van der Waals surface area (Å²) in [5.41, 5.74) is 0. The monoisotopic (exact) mass is 170 g/mol. The summed E-state index contributed by atoms with van der Waals surface area (Å²) >= 11 is 0. The van der Waals surface area contributed by atoms with Crippen molar-refractivity contribution in [3.63, 3.8) is 0 Å². The molecule has 1 rings (SSSR count). The Kier molecular flexibility index (Phi) is 4.72. The molecule has 0 heterocycles. The Morgan fingerprint density at radius 1 is 1.00 bits per heavy atom. The van der Waals surface area contributed by atoms with Gasteiger partial charge in [0.05, 0.1) is 0 Å². The van der Waals surface area contributed by atoms with Crippen LogP contribution in [-0.2, 0) is 0 Å². The van der Waals surface area contributed by atoms with E-state index in [-0.39, 0.29) is 1.43 Å². The van der Waals surface area contributed by atoms with E-state index in [9.17, 15) is 0 Å². The van der Waals surface area contributed by atoms with E-state index in [1.165, 1.54) is 51.4 Å². The predicted molar refractivity (Wildman–Crippen MR) is 57.4 cm³/mol. The lowest BCUT2D eigenvalue weighted by Crippen LogP contribution is -2.13. The fourth-order valence-corrected chi connectivity index (χ4v) is 2.42. The maximum absolute atomic E-state index is 2.34. The zero-order valence-corrected chi connectivity index (χ0v) is 8.81. The SMILES string of the molecule is CCCCC1CCC(CC)CC1.[HH]. The van der Waals surface area contributed by atoms with Gasteiger partial charge in [-0.3, -0.25) is 0 Å². The minimum atomic E-state index is 0. The fourth-order valence-electron chi connectivity index (χ4n) is 2.42. The second-order valence-electron chi connectivity index (χ2n) is 4.44. The highest BCUT2D eigenvalue weighted by atomic mass is 14.2. The van der Waals surface area contributed by atoms with Crippen LogP contribution in [0, 0.1) is 11.8 Å². The van der Waals surface area contributed by atoms with Gasteiger partial charge in [-0.15, -0.1) is 0 Å².